The van der Waals surface area contributed by atoms with Crippen molar-refractivity contribution < 1.29 is 27.4 Å². The molecule has 2 fully saturated rings. The Labute approximate surface area is 220 Å². The number of methoxy groups -OCH3 is 1. The molecule has 6 nitrogen and oxygen atoms in total. The number of alkyl halides is 3. The van der Waals surface area contributed by atoms with E-state index in [0.29, 0.717) is 23.9 Å². The molecule has 1 saturated carbocycles. The molecule has 2 aromatic rings. The maximum atomic E-state index is 13.4. The summed E-state index contributed by atoms with van der Waals surface area (Å²) < 4.78 is 57.4. The molecule has 2 aromatic carbocycles. The van der Waals surface area contributed by atoms with Crippen molar-refractivity contribution in [1.82, 2.24) is 9.80 Å². The lowest BCUT2D eigenvalue weighted by atomic mass is 9.79. The van der Waals surface area contributed by atoms with E-state index >= 15 is 0 Å². The van der Waals surface area contributed by atoms with E-state index in [0.717, 1.165) is 54.3 Å². The number of ether oxygens (including phenoxy) is 3. The van der Waals surface area contributed by atoms with Crippen molar-refractivity contribution in [3.63, 3.8) is 0 Å². The summed E-state index contributed by atoms with van der Waals surface area (Å²) in [6.07, 6.45) is 3.60. The van der Waals surface area contributed by atoms with E-state index in [2.05, 4.69) is 34.1 Å². The Morgan fingerprint density at radius 2 is 1.68 bits per heavy atom. The van der Waals surface area contributed by atoms with Crippen LogP contribution in [0, 0.1) is 5.92 Å². The number of anilines is 1. The molecule has 0 spiro atoms. The highest BCUT2D eigenvalue weighted by Crippen LogP contribution is 2.54. The Bertz CT molecular complexity index is 1280. The van der Waals surface area contributed by atoms with Gasteiger partial charge in [0, 0.05) is 49.5 Å². The minimum absolute atomic E-state index is 0.0459. The van der Waals surface area contributed by atoms with Gasteiger partial charge in [-0.05, 0) is 60.6 Å². The number of hydrogen-bond acceptors (Lipinski definition) is 6. The monoisotopic (exact) mass is 527 g/mol. The van der Waals surface area contributed by atoms with Crippen LogP contribution in [0.3, 0.4) is 0 Å². The molecule has 5 aliphatic rings. The molecular formula is C29H32F3N3O3. The van der Waals surface area contributed by atoms with Crippen LogP contribution < -0.4 is 19.1 Å². The van der Waals surface area contributed by atoms with Gasteiger partial charge in [0.2, 0.25) is 6.79 Å². The number of halogens is 3. The van der Waals surface area contributed by atoms with Crippen molar-refractivity contribution in [3.8, 4) is 17.2 Å². The topological polar surface area (TPSA) is 37.4 Å². The second kappa shape index (κ2) is 9.00. The van der Waals surface area contributed by atoms with Crippen molar-refractivity contribution in [2.45, 2.75) is 44.4 Å². The van der Waals surface area contributed by atoms with E-state index in [1.165, 1.54) is 35.2 Å². The molecule has 4 heterocycles. The average Bonchev–Trinajstić information content (AvgIpc) is 3.61. The number of piperazine rings is 1. The van der Waals surface area contributed by atoms with Crippen molar-refractivity contribution in [2.75, 3.05) is 51.5 Å². The molecule has 0 bridgehead atoms. The first-order valence-corrected chi connectivity index (χ1v) is 13.6. The van der Waals surface area contributed by atoms with Crippen LogP contribution in [0.15, 0.2) is 24.3 Å². The maximum absolute atomic E-state index is 13.4. The van der Waals surface area contributed by atoms with E-state index < -0.39 is 6.30 Å². The molecular weight excluding hydrogens is 495 g/mol. The summed E-state index contributed by atoms with van der Waals surface area (Å²) in [4.78, 5) is 5.29. The first-order chi connectivity index (χ1) is 18.4. The summed E-state index contributed by atoms with van der Waals surface area (Å²) in [6, 6.07) is 8.49. The Kier molecular flexibility index (Phi) is 5.69. The third-order valence-corrected chi connectivity index (χ3v) is 8.96. The number of fused-ring (bicyclic) bond motifs is 5. The SMILES string of the molecule is COc1ccc2c(c1N1CCN(C(F)(F)F)CC1)[C@@H](C1CCCC1)N1CCc3cc4c(cc3C1=C2)OCO4. The third-order valence-electron chi connectivity index (χ3n) is 8.96. The quantitative estimate of drug-likeness (QED) is 0.479. The van der Waals surface area contributed by atoms with Gasteiger partial charge >= 0.3 is 6.30 Å². The number of hydrogen-bond donors (Lipinski definition) is 0. The number of nitrogens with zero attached hydrogens (tertiary/aromatic N) is 3. The molecule has 1 atom stereocenters. The van der Waals surface area contributed by atoms with Crippen LogP contribution in [0.4, 0.5) is 18.9 Å². The highest BCUT2D eigenvalue weighted by Gasteiger charge is 2.43. The number of rotatable bonds is 3. The van der Waals surface area contributed by atoms with Crippen LogP contribution in [0.1, 0.15) is 54.0 Å². The second-order valence-corrected chi connectivity index (χ2v) is 10.9. The van der Waals surface area contributed by atoms with Crippen LogP contribution >= 0.6 is 0 Å². The summed E-state index contributed by atoms with van der Waals surface area (Å²) in [5.74, 6) is 2.82. The van der Waals surface area contributed by atoms with Gasteiger partial charge in [-0.1, -0.05) is 18.9 Å². The highest BCUT2D eigenvalue weighted by atomic mass is 19.4. The van der Waals surface area contributed by atoms with Gasteiger partial charge in [0.1, 0.15) is 5.75 Å². The molecule has 0 unspecified atom stereocenters. The summed E-state index contributed by atoms with van der Waals surface area (Å²) in [5, 5.41) is 0. The summed E-state index contributed by atoms with van der Waals surface area (Å²) in [6.45, 7) is 1.67. The Morgan fingerprint density at radius 3 is 2.39 bits per heavy atom. The molecule has 202 valence electrons. The highest BCUT2D eigenvalue weighted by molar-refractivity contribution is 5.89. The smallest absolute Gasteiger partial charge is 0.460 e. The average molecular weight is 528 g/mol. The van der Waals surface area contributed by atoms with E-state index in [1.54, 1.807) is 7.11 Å². The molecule has 0 aromatic heterocycles. The molecule has 7 rings (SSSR count). The van der Waals surface area contributed by atoms with Crippen molar-refractivity contribution in [1.29, 1.82) is 0 Å². The molecule has 4 aliphatic heterocycles. The number of benzene rings is 2. The maximum Gasteiger partial charge on any atom is 0.460 e. The largest absolute Gasteiger partial charge is 0.495 e. The summed E-state index contributed by atoms with van der Waals surface area (Å²) in [7, 11) is 1.66. The lowest BCUT2D eigenvalue weighted by molar-refractivity contribution is -0.246. The normalized spacial score (nSPS) is 23.2. The van der Waals surface area contributed by atoms with E-state index in [1.807, 2.05) is 6.07 Å². The van der Waals surface area contributed by atoms with E-state index in [9.17, 15) is 13.2 Å². The van der Waals surface area contributed by atoms with E-state index in [-0.39, 0.29) is 25.9 Å². The van der Waals surface area contributed by atoms with Gasteiger partial charge in [-0.15, -0.1) is 0 Å². The Hall–Kier alpha value is -3.07. The zero-order chi connectivity index (χ0) is 26.0. The first-order valence-electron chi connectivity index (χ1n) is 13.6. The fraction of sp³-hybridized carbons (Fsp3) is 0.517. The Balaban J connectivity index is 1.36. The van der Waals surface area contributed by atoms with Crippen molar-refractivity contribution in [3.05, 3.63) is 46.5 Å². The first kappa shape index (κ1) is 24.0. The minimum atomic E-state index is -4.30. The van der Waals surface area contributed by atoms with Gasteiger partial charge in [-0.25, -0.2) is 4.90 Å². The molecule has 9 heteroatoms. The van der Waals surface area contributed by atoms with Gasteiger partial charge in [-0.3, -0.25) is 0 Å². The fourth-order valence-corrected chi connectivity index (χ4v) is 7.18. The van der Waals surface area contributed by atoms with Gasteiger partial charge in [0.05, 0.1) is 18.8 Å². The van der Waals surface area contributed by atoms with Crippen LogP contribution in [0.5, 0.6) is 17.2 Å². The molecule has 0 N–H and O–H groups in total. The predicted molar refractivity (Wildman–Crippen MR) is 138 cm³/mol. The lowest BCUT2D eigenvalue weighted by Gasteiger charge is -2.47. The van der Waals surface area contributed by atoms with Crippen LogP contribution in [-0.4, -0.2) is 62.7 Å². The lowest BCUT2D eigenvalue weighted by Crippen LogP contribution is -2.52. The van der Waals surface area contributed by atoms with Crippen molar-refractivity contribution in [2.24, 2.45) is 5.92 Å². The van der Waals surface area contributed by atoms with Crippen LogP contribution in [0.25, 0.3) is 11.8 Å². The molecule has 38 heavy (non-hydrogen) atoms. The van der Waals surface area contributed by atoms with Gasteiger partial charge in [0.25, 0.3) is 0 Å². The Morgan fingerprint density at radius 1 is 0.947 bits per heavy atom. The van der Waals surface area contributed by atoms with Gasteiger partial charge in [0.15, 0.2) is 11.5 Å². The molecule has 1 aliphatic carbocycles. The summed E-state index contributed by atoms with van der Waals surface area (Å²) >= 11 is 0. The summed E-state index contributed by atoms with van der Waals surface area (Å²) in [5.41, 5.74) is 6.97. The fourth-order valence-electron chi connectivity index (χ4n) is 7.18. The van der Waals surface area contributed by atoms with Gasteiger partial charge < -0.3 is 24.0 Å². The predicted octanol–water partition coefficient (Wildman–Crippen LogP) is 5.67. The zero-order valence-electron chi connectivity index (χ0n) is 21.5. The molecule has 0 amide bonds. The van der Waals surface area contributed by atoms with Crippen LogP contribution in [-0.2, 0) is 6.42 Å². The molecule has 0 radical (unpaired) electrons. The van der Waals surface area contributed by atoms with Gasteiger partial charge in [-0.2, -0.15) is 13.2 Å². The van der Waals surface area contributed by atoms with Crippen LogP contribution in [0.2, 0.25) is 0 Å². The van der Waals surface area contributed by atoms with Crippen molar-refractivity contribution >= 4 is 17.5 Å². The third kappa shape index (κ3) is 3.81. The molecule has 1 saturated heterocycles. The standard InChI is InChI=1S/C29H32F3N3O3/c1-36-23-7-6-20-14-22-21-16-25-24(37-17-38-25)15-19(21)8-9-35(22)27(18-4-2-3-5-18)26(20)28(23)33-10-12-34(13-11-33)29(30,31)32/h6-7,14-16,18,27H,2-5,8-13,17H2,1H3/t27-/m1/s1. The van der Waals surface area contributed by atoms with E-state index in [4.69, 9.17) is 14.2 Å². The zero-order valence-corrected chi connectivity index (χ0v) is 21.5. The second-order valence-electron chi connectivity index (χ2n) is 10.9. The minimum Gasteiger partial charge on any atom is -0.495 e.